The predicted octanol–water partition coefficient (Wildman–Crippen LogP) is 1.75. The number of carbonyl (C=O) groups is 1. The molecule has 16 heavy (non-hydrogen) atoms. The van der Waals surface area contributed by atoms with Crippen molar-refractivity contribution >= 4 is 30.1 Å². The Morgan fingerprint density at radius 3 is 2.81 bits per heavy atom. The van der Waals surface area contributed by atoms with Gasteiger partial charge in [-0.3, -0.25) is 4.79 Å². The zero-order valence-corrected chi connectivity index (χ0v) is 11.8. The maximum absolute atomic E-state index is 11.9. The number of likely N-dealkylation sites (tertiary alicyclic amines) is 1. The van der Waals surface area contributed by atoms with Gasteiger partial charge in [-0.05, 0) is 25.0 Å². The third-order valence-corrected chi connectivity index (χ3v) is 3.81. The van der Waals surface area contributed by atoms with Crippen molar-refractivity contribution in [1.29, 1.82) is 0 Å². The number of hydrogen-bond acceptors (Lipinski definition) is 3. The predicted molar refractivity (Wildman–Crippen MR) is 73.2 cm³/mol. The van der Waals surface area contributed by atoms with Crippen LogP contribution in [0.5, 0.6) is 0 Å². The van der Waals surface area contributed by atoms with E-state index in [4.69, 9.17) is 5.73 Å². The molecule has 1 aliphatic heterocycles. The Morgan fingerprint density at radius 1 is 1.56 bits per heavy atom. The first kappa shape index (κ1) is 16.1. The van der Waals surface area contributed by atoms with Crippen molar-refractivity contribution < 1.29 is 4.79 Å². The van der Waals surface area contributed by atoms with Crippen LogP contribution in [0.1, 0.15) is 26.2 Å². The molecule has 1 heterocycles. The fourth-order valence-corrected chi connectivity index (χ4v) is 2.63. The number of rotatable bonds is 4. The highest BCUT2D eigenvalue weighted by Crippen LogP contribution is 2.23. The molecular formula is C11H23ClN2OS. The van der Waals surface area contributed by atoms with Crippen LogP contribution >= 0.6 is 24.2 Å². The lowest BCUT2D eigenvalue weighted by Gasteiger charge is -2.39. The summed E-state index contributed by atoms with van der Waals surface area (Å²) in [5, 5.41) is 0. The molecule has 0 aliphatic carbocycles. The van der Waals surface area contributed by atoms with Crippen LogP contribution in [0.2, 0.25) is 0 Å². The molecule has 5 heteroatoms. The second kappa shape index (κ2) is 8.20. The molecule has 96 valence electrons. The van der Waals surface area contributed by atoms with E-state index in [1.807, 2.05) is 11.2 Å². The van der Waals surface area contributed by atoms with E-state index >= 15 is 0 Å². The van der Waals surface area contributed by atoms with Crippen LogP contribution in [0.4, 0.5) is 0 Å². The van der Waals surface area contributed by atoms with E-state index in [1.165, 1.54) is 6.42 Å². The van der Waals surface area contributed by atoms with Crippen LogP contribution in [0, 0.1) is 5.92 Å². The molecule has 0 bridgehead atoms. The Labute approximate surface area is 109 Å². The molecule has 1 saturated heterocycles. The Kier molecular flexibility index (Phi) is 8.24. The molecule has 0 spiro atoms. The molecule has 0 aromatic rings. The first-order chi connectivity index (χ1) is 7.20. The maximum atomic E-state index is 11.9. The topological polar surface area (TPSA) is 46.3 Å². The van der Waals surface area contributed by atoms with Gasteiger partial charge in [0.25, 0.3) is 0 Å². The Balaban J connectivity index is 0.00000225. The van der Waals surface area contributed by atoms with Gasteiger partial charge in [-0.25, -0.2) is 0 Å². The average molecular weight is 267 g/mol. The monoisotopic (exact) mass is 266 g/mol. The van der Waals surface area contributed by atoms with Gasteiger partial charge in [0.2, 0.25) is 5.91 Å². The fourth-order valence-electron chi connectivity index (χ4n) is 2.25. The normalized spacial score (nSPS) is 25.1. The number of thioether (sulfide) groups is 1. The second-order valence-corrected chi connectivity index (χ2v) is 5.24. The summed E-state index contributed by atoms with van der Waals surface area (Å²) in [6.45, 7) is 3.71. The number of carbonyl (C=O) groups excluding carboxylic acids is 1. The summed E-state index contributed by atoms with van der Waals surface area (Å²) in [7, 11) is 0. The van der Waals surface area contributed by atoms with Gasteiger partial charge in [-0.1, -0.05) is 6.92 Å². The van der Waals surface area contributed by atoms with Crippen molar-refractivity contribution in [1.82, 2.24) is 4.90 Å². The fraction of sp³-hybridized carbons (Fsp3) is 0.909. The standard InChI is InChI=1S/C11H22N2OS.ClH/c1-9-4-3-6-13(10(9)8-12)11(14)5-7-15-2;/h9-10H,3-8,12H2,1-2H3;1H. The molecule has 0 saturated carbocycles. The molecule has 1 rings (SSSR count). The number of halogens is 1. The number of hydrogen-bond donors (Lipinski definition) is 1. The zero-order chi connectivity index (χ0) is 11.3. The molecule has 2 atom stereocenters. The number of piperidine rings is 1. The molecule has 3 nitrogen and oxygen atoms in total. The number of nitrogens with zero attached hydrogens (tertiary/aromatic N) is 1. The number of nitrogens with two attached hydrogens (primary N) is 1. The highest BCUT2D eigenvalue weighted by Gasteiger charge is 2.30. The quantitative estimate of drug-likeness (QED) is 0.843. The van der Waals surface area contributed by atoms with Crippen molar-refractivity contribution in [2.45, 2.75) is 32.2 Å². The van der Waals surface area contributed by atoms with Crippen LogP contribution in [-0.2, 0) is 4.79 Å². The first-order valence-electron chi connectivity index (χ1n) is 5.69. The number of amides is 1. The molecule has 1 fully saturated rings. The van der Waals surface area contributed by atoms with Crippen LogP contribution in [0.15, 0.2) is 0 Å². The molecule has 2 unspecified atom stereocenters. The van der Waals surface area contributed by atoms with E-state index in [9.17, 15) is 4.79 Å². The Hall–Kier alpha value is 0.0700. The van der Waals surface area contributed by atoms with Crippen LogP contribution in [0.3, 0.4) is 0 Å². The molecule has 1 amide bonds. The van der Waals surface area contributed by atoms with Gasteiger partial charge >= 0.3 is 0 Å². The lowest BCUT2D eigenvalue weighted by Crippen LogP contribution is -2.51. The molecule has 0 aromatic heterocycles. The van der Waals surface area contributed by atoms with E-state index in [-0.39, 0.29) is 24.4 Å². The van der Waals surface area contributed by atoms with Gasteiger partial charge < -0.3 is 10.6 Å². The third-order valence-electron chi connectivity index (χ3n) is 3.20. The largest absolute Gasteiger partial charge is 0.338 e. The van der Waals surface area contributed by atoms with Crippen molar-refractivity contribution in [2.24, 2.45) is 11.7 Å². The summed E-state index contributed by atoms with van der Waals surface area (Å²) in [5.74, 6) is 1.76. The van der Waals surface area contributed by atoms with Gasteiger partial charge in [-0.15, -0.1) is 12.4 Å². The SMILES string of the molecule is CSCCC(=O)N1CCCC(C)C1CN.Cl. The highest BCUT2D eigenvalue weighted by molar-refractivity contribution is 7.98. The zero-order valence-electron chi connectivity index (χ0n) is 10.1. The lowest BCUT2D eigenvalue weighted by atomic mass is 9.90. The van der Waals surface area contributed by atoms with E-state index < -0.39 is 0 Å². The molecule has 0 aromatic carbocycles. The van der Waals surface area contributed by atoms with Crippen molar-refractivity contribution in [2.75, 3.05) is 25.1 Å². The van der Waals surface area contributed by atoms with E-state index in [1.54, 1.807) is 11.8 Å². The maximum Gasteiger partial charge on any atom is 0.223 e. The van der Waals surface area contributed by atoms with Gasteiger partial charge in [0.05, 0.1) is 0 Å². The third kappa shape index (κ3) is 4.15. The summed E-state index contributed by atoms with van der Waals surface area (Å²) in [5.41, 5.74) is 5.75. The van der Waals surface area contributed by atoms with Crippen LogP contribution in [-0.4, -0.2) is 41.9 Å². The summed E-state index contributed by atoms with van der Waals surface area (Å²) in [6, 6.07) is 0.271. The summed E-state index contributed by atoms with van der Waals surface area (Å²) in [4.78, 5) is 13.9. The van der Waals surface area contributed by atoms with E-state index in [0.717, 1.165) is 18.7 Å². The summed E-state index contributed by atoms with van der Waals surface area (Å²) < 4.78 is 0. The molecule has 0 radical (unpaired) electrons. The smallest absolute Gasteiger partial charge is 0.223 e. The Morgan fingerprint density at radius 2 is 2.25 bits per heavy atom. The minimum absolute atomic E-state index is 0. The van der Waals surface area contributed by atoms with Crippen LogP contribution in [0.25, 0.3) is 0 Å². The average Bonchev–Trinajstić information content (AvgIpc) is 2.25. The minimum Gasteiger partial charge on any atom is -0.338 e. The summed E-state index contributed by atoms with van der Waals surface area (Å²) in [6.07, 6.45) is 5.02. The minimum atomic E-state index is 0. The molecule has 1 aliphatic rings. The molecule has 2 N–H and O–H groups in total. The van der Waals surface area contributed by atoms with Gasteiger partial charge in [-0.2, -0.15) is 11.8 Å². The van der Waals surface area contributed by atoms with Gasteiger partial charge in [0.15, 0.2) is 0 Å². The van der Waals surface area contributed by atoms with E-state index in [0.29, 0.717) is 18.9 Å². The highest BCUT2D eigenvalue weighted by atomic mass is 35.5. The first-order valence-corrected chi connectivity index (χ1v) is 7.08. The second-order valence-electron chi connectivity index (χ2n) is 4.25. The lowest BCUT2D eigenvalue weighted by molar-refractivity contribution is -0.135. The van der Waals surface area contributed by atoms with Crippen LogP contribution < -0.4 is 5.73 Å². The van der Waals surface area contributed by atoms with Gasteiger partial charge in [0, 0.05) is 31.3 Å². The van der Waals surface area contributed by atoms with Gasteiger partial charge in [0.1, 0.15) is 0 Å². The van der Waals surface area contributed by atoms with Crippen molar-refractivity contribution in [3.05, 3.63) is 0 Å². The summed E-state index contributed by atoms with van der Waals surface area (Å²) >= 11 is 1.72. The molecular weight excluding hydrogens is 244 g/mol. The van der Waals surface area contributed by atoms with E-state index in [2.05, 4.69) is 6.92 Å². The van der Waals surface area contributed by atoms with Crippen molar-refractivity contribution in [3.8, 4) is 0 Å². The van der Waals surface area contributed by atoms with Crippen molar-refractivity contribution in [3.63, 3.8) is 0 Å². The Bertz CT molecular complexity index is 216.